The van der Waals surface area contributed by atoms with E-state index in [0.717, 1.165) is 18.4 Å². The number of rotatable bonds is 5. The zero-order chi connectivity index (χ0) is 11.0. The first kappa shape index (κ1) is 13.2. The molecule has 0 rings (SSSR count). The quantitative estimate of drug-likeness (QED) is 0.523. The van der Waals surface area contributed by atoms with Gasteiger partial charge in [-0.3, -0.25) is 0 Å². The smallest absolute Gasteiger partial charge is 0.0617 e. The normalized spacial score (nSPS) is 12.9. The SMILES string of the molecule is CC(C)=CCC/C(C)=C/C(C)=C/CO. The van der Waals surface area contributed by atoms with Crippen LogP contribution in [-0.4, -0.2) is 11.7 Å². The van der Waals surface area contributed by atoms with Gasteiger partial charge in [0.15, 0.2) is 0 Å². The minimum absolute atomic E-state index is 0.129. The fourth-order valence-electron chi connectivity index (χ4n) is 1.25. The molecule has 14 heavy (non-hydrogen) atoms. The van der Waals surface area contributed by atoms with E-state index in [4.69, 9.17) is 5.11 Å². The Bertz CT molecular complexity index is 240. The summed E-state index contributed by atoms with van der Waals surface area (Å²) in [5.41, 5.74) is 3.88. The van der Waals surface area contributed by atoms with Crippen molar-refractivity contribution < 1.29 is 5.11 Å². The molecule has 0 saturated carbocycles. The maximum atomic E-state index is 8.68. The van der Waals surface area contributed by atoms with E-state index < -0.39 is 0 Å². The lowest BCUT2D eigenvalue weighted by Crippen LogP contribution is -1.81. The Hall–Kier alpha value is -0.820. The van der Waals surface area contributed by atoms with Crippen molar-refractivity contribution in [2.24, 2.45) is 0 Å². The van der Waals surface area contributed by atoms with Gasteiger partial charge in [-0.1, -0.05) is 34.9 Å². The molecule has 0 aliphatic rings. The van der Waals surface area contributed by atoms with Crippen molar-refractivity contribution in [2.75, 3.05) is 6.61 Å². The van der Waals surface area contributed by atoms with E-state index in [1.165, 1.54) is 11.1 Å². The molecule has 80 valence electrons. The Morgan fingerprint density at radius 1 is 1.07 bits per heavy atom. The number of aliphatic hydroxyl groups is 1. The van der Waals surface area contributed by atoms with Crippen LogP contribution in [0.15, 0.2) is 34.9 Å². The molecule has 0 heterocycles. The Morgan fingerprint density at radius 3 is 2.21 bits per heavy atom. The topological polar surface area (TPSA) is 20.2 Å². The van der Waals surface area contributed by atoms with Gasteiger partial charge < -0.3 is 5.11 Å². The first-order valence-electron chi connectivity index (χ1n) is 5.14. The molecule has 1 N–H and O–H groups in total. The fraction of sp³-hybridized carbons (Fsp3) is 0.538. The van der Waals surface area contributed by atoms with Crippen molar-refractivity contribution in [1.29, 1.82) is 0 Å². The molecular weight excluding hydrogens is 172 g/mol. The van der Waals surface area contributed by atoms with E-state index in [2.05, 4.69) is 32.9 Å². The molecule has 0 aliphatic carbocycles. The Morgan fingerprint density at radius 2 is 1.71 bits per heavy atom. The van der Waals surface area contributed by atoms with Crippen LogP contribution in [-0.2, 0) is 0 Å². The minimum Gasteiger partial charge on any atom is -0.392 e. The third-order valence-corrected chi connectivity index (χ3v) is 1.98. The van der Waals surface area contributed by atoms with Gasteiger partial charge in [-0.2, -0.15) is 0 Å². The second-order valence-electron chi connectivity index (χ2n) is 3.94. The Labute approximate surface area is 87.8 Å². The molecule has 0 bridgehead atoms. The van der Waals surface area contributed by atoms with E-state index in [-0.39, 0.29) is 6.61 Å². The highest BCUT2D eigenvalue weighted by molar-refractivity contribution is 5.20. The van der Waals surface area contributed by atoms with E-state index >= 15 is 0 Å². The number of aliphatic hydroxyl groups excluding tert-OH is 1. The van der Waals surface area contributed by atoms with Gasteiger partial charge in [-0.05, 0) is 40.5 Å². The summed E-state index contributed by atoms with van der Waals surface area (Å²) in [6.07, 6.45) is 8.42. The minimum atomic E-state index is 0.129. The lowest BCUT2D eigenvalue weighted by Gasteiger charge is -1.99. The highest BCUT2D eigenvalue weighted by atomic mass is 16.2. The summed E-state index contributed by atoms with van der Waals surface area (Å²) in [4.78, 5) is 0. The van der Waals surface area contributed by atoms with Gasteiger partial charge in [0.05, 0.1) is 6.61 Å². The molecule has 0 aliphatic heterocycles. The summed E-state index contributed by atoms with van der Waals surface area (Å²) in [7, 11) is 0. The third kappa shape index (κ3) is 7.81. The van der Waals surface area contributed by atoms with Crippen LogP contribution in [0.4, 0.5) is 0 Å². The fourth-order valence-corrected chi connectivity index (χ4v) is 1.25. The molecule has 0 aromatic rings. The first-order valence-corrected chi connectivity index (χ1v) is 5.14. The number of hydrogen-bond donors (Lipinski definition) is 1. The summed E-state index contributed by atoms with van der Waals surface area (Å²) in [5.74, 6) is 0. The van der Waals surface area contributed by atoms with Crippen molar-refractivity contribution in [3.8, 4) is 0 Å². The third-order valence-electron chi connectivity index (χ3n) is 1.98. The van der Waals surface area contributed by atoms with Gasteiger partial charge in [0.1, 0.15) is 0 Å². The molecule has 0 amide bonds. The number of hydrogen-bond acceptors (Lipinski definition) is 1. The van der Waals surface area contributed by atoms with E-state index in [1.807, 2.05) is 13.0 Å². The zero-order valence-electron chi connectivity index (χ0n) is 9.80. The second-order valence-corrected chi connectivity index (χ2v) is 3.94. The van der Waals surface area contributed by atoms with Gasteiger partial charge in [-0.15, -0.1) is 0 Å². The molecule has 0 spiro atoms. The van der Waals surface area contributed by atoms with Crippen molar-refractivity contribution in [1.82, 2.24) is 0 Å². The molecule has 1 nitrogen and oxygen atoms in total. The van der Waals surface area contributed by atoms with Crippen molar-refractivity contribution in [3.05, 3.63) is 34.9 Å². The van der Waals surface area contributed by atoms with E-state index in [0.29, 0.717) is 0 Å². The van der Waals surface area contributed by atoms with Crippen molar-refractivity contribution in [2.45, 2.75) is 40.5 Å². The predicted octanol–water partition coefficient (Wildman–Crippen LogP) is 3.62. The van der Waals surface area contributed by atoms with Crippen LogP contribution in [0, 0.1) is 0 Å². The largest absolute Gasteiger partial charge is 0.392 e. The molecule has 0 fully saturated rings. The molecule has 0 unspecified atom stereocenters. The molecule has 0 saturated heterocycles. The molecular formula is C13H22O. The van der Waals surface area contributed by atoms with Crippen molar-refractivity contribution >= 4 is 0 Å². The summed E-state index contributed by atoms with van der Waals surface area (Å²) in [5, 5.41) is 8.68. The second kappa shape index (κ2) is 7.57. The van der Waals surface area contributed by atoms with Gasteiger partial charge in [-0.25, -0.2) is 0 Å². The molecule has 1 heteroatoms. The van der Waals surface area contributed by atoms with Crippen LogP contribution in [0.1, 0.15) is 40.5 Å². The highest BCUT2D eigenvalue weighted by Crippen LogP contribution is 2.09. The lowest BCUT2D eigenvalue weighted by molar-refractivity contribution is 0.342. The van der Waals surface area contributed by atoms with Crippen LogP contribution < -0.4 is 0 Å². The standard InChI is InChI=1S/C13H22O/c1-11(2)6-5-7-12(3)10-13(4)8-9-14/h6,8,10,14H,5,7,9H2,1-4H3/b12-10+,13-8+. The summed E-state index contributed by atoms with van der Waals surface area (Å²) in [6, 6.07) is 0. The first-order chi connectivity index (χ1) is 6.56. The maximum Gasteiger partial charge on any atom is 0.0617 e. The molecule has 0 radical (unpaired) electrons. The molecule has 0 atom stereocenters. The van der Waals surface area contributed by atoms with Gasteiger partial charge in [0.2, 0.25) is 0 Å². The van der Waals surface area contributed by atoms with Gasteiger partial charge in [0.25, 0.3) is 0 Å². The number of allylic oxidation sites excluding steroid dienone is 5. The Balaban J connectivity index is 4.01. The van der Waals surface area contributed by atoms with Crippen LogP contribution in [0.5, 0.6) is 0 Å². The highest BCUT2D eigenvalue weighted by Gasteiger charge is 1.89. The predicted molar refractivity (Wildman–Crippen MR) is 63.3 cm³/mol. The average Bonchev–Trinajstić information content (AvgIpc) is 2.03. The summed E-state index contributed by atoms with van der Waals surface area (Å²) >= 11 is 0. The maximum absolute atomic E-state index is 8.68. The summed E-state index contributed by atoms with van der Waals surface area (Å²) < 4.78 is 0. The van der Waals surface area contributed by atoms with Crippen LogP contribution in [0.25, 0.3) is 0 Å². The van der Waals surface area contributed by atoms with E-state index in [1.54, 1.807) is 0 Å². The van der Waals surface area contributed by atoms with Crippen molar-refractivity contribution in [3.63, 3.8) is 0 Å². The monoisotopic (exact) mass is 194 g/mol. The van der Waals surface area contributed by atoms with Crippen LogP contribution in [0.3, 0.4) is 0 Å². The average molecular weight is 194 g/mol. The van der Waals surface area contributed by atoms with Gasteiger partial charge >= 0.3 is 0 Å². The molecule has 0 aromatic heterocycles. The van der Waals surface area contributed by atoms with Gasteiger partial charge in [0, 0.05) is 0 Å². The van der Waals surface area contributed by atoms with Crippen LogP contribution in [0.2, 0.25) is 0 Å². The zero-order valence-corrected chi connectivity index (χ0v) is 9.80. The van der Waals surface area contributed by atoms with E-state index in [9.17, 15) is 0 Å². The van der Waals surface area contributed by atoms with Crippen LogP contribution >= 0.6 is 0 Å². The summed E-state index contributed by atoms with van der Waals surface area (Å²) in [6.45, 7) is 8.52. The Kier molecular flexibility index (Phi) is 7.13. The molecule has 0 aromatic carbocycles. The lowest BCUT2D eigenvalue weighted by atomic mass is 10.1.